The van der Waals surface area contributed by atoms with Gasteiger partial charge in [0, 0.05) is 11.0 Å². The fourth-order valence-corrected chi connectivity index (χ4v) is 1.96. The van der Waals surface area contributed by atoms with Crippen molar-refractivity contribution >= 4 is 21.9 Å². The molecule has 0 heterocycles. The van der Waals surface area contributed by atoms with Crippen molar-refractivity contribution in [2.75, 3.05) is 13.7 Å². The van der Waals surface area contributed by atoms with E-state index in [1.54, 1.807) is 6.07 Å². The van der Waals surface area contributed by atoms with Crippen LogP contribution in [-0.4, -0.2) is 35.9 Å². The lowest BCUT2D eigenvalue weighted by Gasteiger charge is -2.18. The van der Waals surface area contributed by atoms with E-state index in [4.69, 9.17) is 5.73 Å². The van der Waals surface area contributed by atoms with Crippen LogP contribution in [0.2, 0.25) is 0 Å². The van der Waals surface area contributed by atoms with Gasteiger partial charge in [0.1, 0.15) is 6.10 Å². The molecule has 0 aromatic heterocycles. The Morgan fingerprint density at radius 2 is 2.18 bits per heavy atom. The lowest BCUT2D eigenvalue weighted by Crippen LogP contribution is -2.27. The van der Waals surface area contributed by atoms with Crippen molar-refractivity contribution in [3.8, 4) is 0 Å². The summed E-state index contributed by atoms with van der Waals surface area (Å²) in [7, 11) is 1.29. The van der Waals surface area contributed by atoms with Crippen molar-refractivity contribution in [1.82, 2.24) is 0 Å². The Labute approximate surface area is 107 Å². The first-order chi connectivity index (χ1) is 8.01. The predicted molar refractivity (Wildman–Crippen MR) is 65.5 cm³/mol. The van der Waals surface area contributed by atoms with Gasteiger partial charge in [-0.2, -0.15) is 0 Å². The average Bonchev–Trinajstić information content (AvgIpc) is 2.35. The summed E-state index contributed by atoms with van der Waals surface area (Å²) >= 11 is 3.22. The minimum absolute atomic E-state index is 0.0492. The largest absolute Gasteiger partial charge is 0.465 e. The summed E-state index contributed by atoms with van der Waals surface area (Å²) in [5.74, 6) is -0.467. The minimum Gasteiger partial charge on any atom is -0.465 e. The number of benzene rings is 1. The van der Waals surface area contributed by atoms with Gasteiger partial charge in [-0.25, -0.2) is 4.79 Å². The molecule has 0 spiro atoms. The maximum atomic E-state index is 11.3. The topological polar surface area (TPSA) is 92.8 Å². The van der Waals surface area contributed by atoms with Crippen LogP contribution in [0.1, 0.15) is 22.0 Å². The molecule has 2 unspecified atom stereocenters. The molecule has 5 nitrogen and oxygen atoms in total. The quantitative estimate of drug-likeness (QED) is 0.708. The molecule has 0 saturated heterocycles. The fourth-order valence-electron chi connectivity index (χ4n) is 1.35. The first kappa shape index (κ1) is 14.1. The van der Waals surface area contributed by atoms with Crippen molar-refractivity contribution in [2.24, 2.45) is 5.73 Å². The van der Waals surface area contributed by atoms with Crippen LogP contribution >= 0.6 is 15.9 Å². The van der Waals surface area contributed by atoms with Gasteiger partial charge < -0.3 is 20.7 Å². The van der Waals surface area contributed by atoms with Gasteiger partial charge in [0.2, 0.25) is 0 Å². The SMILES string of the molecule is COC(=O)c1ccc(C(O)C(O)CN)c(Br)c1. The number of methoxy groups -OCH3 is 1. The molecular weight excluding hydrogens is 290 g/mol. The molecule has 17 heavy (non-hydrogen) atoms. The second-order valence-electron chi connectivity index (χ2n) is 3.48. The zero-order valence-electron chi connectivity index (χ0n) is 9.26. The van der Waals surface area contributed by atoms with Crippen LogP contribution in [0.4, 0.5) is 0 Å². The van der Waals surface area contributed by atoms with E-state index in [1.165, 1.54) is 19.2 Å². The van der Waals surface area contributed by atoms with Crippen molar-refractivity contribution < 1.29 is 19.7 Å². The summed E-state index contributed by atoms with van der Waals surface area (Å²) in [4.78, 5) is 11.3. The molecule has 0 aliphatic heterocycles. The Hall–Kier alpha value is -0.950. The van der Waals surface area contributed by atoms with Crippen molar-refractivity contribution in [2.45, 2.75) is 12.2 Å². The van der Waals surface area contributed by atoms with Gasteiger partial charge in [-0.15, -0.1) is 0 Å². The molecule has 0 aliphatic rings. The van der Waals surface area contributed by atoms with Gasteiger partial charge in [-0.05, 0) is 17.7 Å². The summed E-state index contributed by atoms with van der Waals surface area (Å²) in [6, 6.07) is 4.58. The van der Waals surface area contributed by atoms with Crippen molar-refractivity contribution in [1.29, 1.82) is 0 Å². The smallest absolute Gasteiger partial charge is 0.337 e. The summed E-state index contributed by atoms with van der Waals surface area (Å²) in [5.41, 5.74) is 6.09. The third-order valence-electron chi connectivity index (χ3n) is 2.35. The number of hydrogen-bond donors (Lipinski definition) is 3. The minimum atomic E-state index is -1.10. The van der Waals surface area contributed by atoms with Gasteiger partial charge in [0.25, 0.3) is 0 Å². The zero-order valence-corrected chi connectivity index (χ0v) is 10.8. The van der Waals surface area contributed by atoms with Crippen LogP contribution in [0, 0.1) is 0 Å². The molecule has 0 aliphatic carbocycles. The van der Waals surface area contributed by atoms with E-state index in [2.05, 4.69) is 20.7 Å². The zero-order chi connectivity index (χ0) is 13.0. The molecule has 4 N–H and O–H groups in total. The van der Waals surface area contributed by atoms with Gasteiger partial charge in [-0.1, -0.05) is 22.0 Å². The molecule has 1 aromatic carbocycles. The van der Waals surface area contributed by atoms with Crippen LogP contribution in [0.3, 0.4) is 0 Å². The number of aliphatic hydroxyl groups excluding tert-OH is 2. The molecular formula is C11H14BrNO4. The number of hydrogen-bond acceptors (Lipinski definition) is 5. The van der Waals surface area contributed by atoms with Crippen LogP contribution in [0.25, 0.3) is 0 Å². The van der Waals surface area contributed by atoms with Crippen LogP contribution in [-0.2, 0) is 4.74 Å². The molecule has 6 heteroatoms. The van der Waals surface area contributed by atoms with Crippen LogP contribution in [0.15, 0.2) is 22.7 Å². The van der Waals surface area contributed by atoms with E-state index in [0.29, 0.717) is 15.6 Å². The molecule has 2 atom stereocenters. The monoisotopic (exact) mass is 303 g/mol. The lowest BCUT2D eigenvalue weighted by atomic mass is 10.0. The molecule has 0 radical (unpaired) electrons. The summed E-state index contributed by atoms with van der Waals surface area (Å²) in [6.07, 6.45) is -2.14. The maximum Gasteiger partial charge on any atom is 0.337 e. The second-order valence-corrected chi connectivity index (χ2v) is 4.33. The Morgan fingerprint density at radius 3 is 2.65 bits per heavy atom. The number of aliphatic hydroxyl groups is 2. The number of esters is 1. The predicted octanol–water partition coefficient (Wildman–Crippen LogP) is 0.589. The van der Waals surface area contributed by atoms with Crippen molar-refractivity contribution in [3.05, 3.63) is 33.8 Å². The first-order valence-corrected chi connectivity index (χ1v) is 5.74. The summed E-state index contributed by atoms with van der Waals surface area (Å²) in [5, 5.41) is 19.2. The third-order valence-corrected chi connectivity index (χ3v) is 3.03. The highest BCUT2D eigenvalue weighted by atomic mass is 79.9. The molecule has 1 aromatic rings. The number of rotatable bonds is 4. The van der Waals surface area contributed by atoms with Gasteiger partial charge in [-0.3, -0.25) is 0 Å². The number of carbonyl (C=O) groups excluding carboxylic acids is 1. The number of ether oxygens (including phenoxy) is 1. The molecule has 0 saturated carbocycles. The van der Waals surface area contributed by atoms with Crippen LogP contribution < -0.4 is 5.73 Å². The molecule has 0 amide bonds. The summed E-state index contributed by atoms with van der Waals surface area (Å²) in [6.45, 7) is -0.0492. The van der Waals surface area contributed by atoms with Crippen LogP contribution in [0.5, 0.6) is 0 Å². The standard InChI is InChI=1S/C11H14BrNO4/c1-17-11(16)6-2-3-7(8(12)4-6)10(15)9(14)5-13/h2-4,9-10,14-15H,5,13H2,1H3. The van der Waals surface area contributed by atoms with E-state index < -0.39 is 18.2 Å². The van der Waals surface area contributed by atoms with E-state index in [1.807, 2.05) is 0 Å². The maximum absolute atomic E-state index is 11.3. The van der Waals surface area contributed by atoms with E-state index in [0.717, 1.165) is 0 Å². The number of halogens is 1. The molecule has 0 fully saturated rings. The van der Waals surface area contributed by atoms with Crippen molar-refractivity contribution in [3.63, 3.8) is 0 Å². The van der Waals surface area contributed by atoms with Gasteiger partial charge in [0.15, 0.2) is 0 Å². The number of nitrogens with two attached hydrogens (primary N) is 1. The molecule has 94 valence electrons. The average molecular weight is 304 g/mol. The fraction of sp³-hybridized carbons (Fsp3) is 0.364. The highest BCUT2D eigenvalue weighted by Crippen LogP contribution is 2.26. The van der Waals surface area contributed by atoms with E-state index in [-0.39, 0.29) is 6.54 Å². The molecule has 1 rings (SSSR count). The van der Waals surface area contributed by atoms with E-state index in [9.17, 15) is 15.0 Å². The van der Waals surface area contributed by atoms with E-state index >= 15 is 0 Å². The first-order valence-electron chi connectivity index (χ1n) is 4.95. The Kier molecular flexibility index (Phi) is 5.07. The van der Waals surface area contributed by atoms with Gasteiger partial charge >= 0.3 is 5.97 Å². The normalized spacial score (nSPS) is 14.2. The Bertz CT molecular complexity index is 410. The van der Waals surface area contributed by atoms with Gasteiger partial charge in [0.05, 0.1) is 18.8 Å². The highest BCUT2D eigenvalue weighted by Gasteiger charge is 2.20. The summed E-state index contributed by atoms with van der Waals surface area (Å²) < 4.78 is 5.08. The highest BCUT2D eigenvalue weighted by molar-refractivity contribution is 9.10. The lowest BCUT2D eigenvalue weighted by molar-refractivity contribution is 0.0239. The Morgan fingerprint density at radius 1 is 1.53 bits per heavy atom. The third kappa shape index (κ3) is 3.26. The number of carbonyl (C=O) groups is 1. The molecule has 0 bridgehead atoms. The Balaban J connectivity index is 3.01. The second kappa shape index (κ2) is 6.11.